The lowest BCUT2D eigenvalue weighted by molar-refractivity contribution is -0.128. The maximum atomic E-state index is 12.9. The molecule has 2 atom stereocenters. The van der Waals surface area contributed by atoms with Gasteiger partial charge in [0.1, 0.15) is 17.3 Å². The fraction of sp³-hybridized carbons (Fsp3) is 0.706. The molecule has 2 saturated heterocycles. The smallest absolute Gasteiger partial charge is 0.275 e. The minimum atomic E-state index is -0.520. The summed E-state index contributed by atoms with van der Waals surface area (Å²) in [6.07, 6.45) is 8.12. The molecule has 0 aliphatic carbocycles. The average molecular weight is 316 g/mol. The summed E-state index contributed by atoms with van der Waals surface area (Å²) < 4.78 is 7.94. The number of amides is 1. The van der Waals surface area contributed by atoms with Crippen molar-refractivity contribution in [2.24, 2.45) is 0 Å². The molecule has 1 aromatic rings. The Bertz CT molecular complexity index is 605. The number of nitrogens with zero attached hydrogens (tertiary/aromatic N) is 4. The second kappa shape index (κ2) is 6.32. The summed E-state index contributed by atoms with van der Waals surface area (Å²) in [5.41, 5.74) is -0.0755. The van der Waals surface area contributed by atoms with Gasteiger partial charge in [0.15, 0.2) is 0 Å². The molecule has 3 rings (SSSR count). The zero-order chi connectivity index (χ0) is 16.4. The number of imidazole rings is 1. The van der Waals surface area contributed by atoms with Crippen molar-refractivity contribution in [2.45, 2.75) is 63.6 Å². The van der Waals surface area contributed by atoms with Crippen molar-refractivity contribution in [3.05, 3.63) is 18.2 Å². The number of ether oxygens (including phenoxy) is 1. The average Bonchev–Trinajstić information content (AvgIpc) is 3.05. The van der Waals surface area contributed by atoms with Crippen LogP contribution in [0.2, 0.25) is 0 Å². The molecular weight excluding hydrogens is 292 g/mol. The predicted molar refractivity (Wildman–Crippen MR) is 84.8 cm³/mol. The van der Waals surface area contributed by atoms with Crippen LogP contribution in [0.4, 0.5) is 0 Å². The van der Waals surface area contributed by atoms with Gasteiger partial charge in [-0.15, -0.1) is 0 Å². The van der Waals surface area contributed by atoms with Crippen molar-refractivity contribution >= 4 is 5.91 Å². The fourth-order valence-electron chi connectivity index (χ4n) is 3.67. The third kappa shape index (κ3) is 2.86. The molecule has 1 aromatic heterocycles. The second-order valence-corrected chi connectivity index (χ2v) is 6.80. The van der Waals surface area contributed by atoms with Crippen LogP contribution in [0, 0.1) is 11.3 Å². The Hall–Kier alpha value is -1.87. The van der Waals surface area contributed by atoms with Crippen molar-refractivity contribution < 1.29 is 9.53 Å². The van der Waals surface area contributed by atoms with Crippen LogP contribution < -0.4 is 0 Å². The van der Waals surface area contributed by atoms with Gasteiger partial charge in [0.2, 0.25) is 0 Å². The highest BCUT2D eigenvalue weighted by Crippen LogP contribution is 2.38. The first-order valence-corrected chi connectivity index (χ1v) is 8.45. The molecule has 2 aliphatic heterocycles. The molecule has 23 heavy (non-hydrogen) atoms. The van der Waals surface area contributed by atoms with Crippen molar-refractivity contribution in [1.82, 2.24) is 14.5 Å². The molecule has 1 spiro atoms. The van der Waals surface area contributed by atoms with Crippen LogP contribution in [0.1, 0.15) is 62.5 Å². The number of hydrogen-bond acceptors (Lipinski definition) is 4. The normalized spacial score (nSPS) is 28.1. The van der Waals surface area contributed by atoms with Crippen molar-refractivity contribution in [3.63, 3.8) is 0 Å². The molecule has 0 N–H and O–H groups in total. The number of piperidine rings is 1. The van der Waals surface area contributed by atoms with E-state index in [1.165, 1.54) is 0 Å². The number of likely N-dealkylation sites (tertiary alicyclic amines) is 1. The van der Waals surface area contributed by atoms with Gasteiger partial charge in [-0.05, 0) is 46.0 Å². The zero-order valence-corrected chi connectivity index (χ0v) is 13.9. The summed E-state index contributed by atoms with van der Waals surface area (Å²) in [6.45, 7) is 5.36. The molecule has 0 unspecified atom stereocenters. The standard InChI is InChI=1S/C17H24N4O2/c1-13(2)20-11-14(19-12-20)16(22)21-8-5-7-17(15(21)10-18)6-3-4-9-23-17/h11-13,15H,3-9H2,1-2H3/t15-,17+/m1/s1. The van der Waals surface area contributed by atoms with Crippen LogP contribution >= 0.6 is 0 Å². The van der Waals surface area contributed by atoms with Crippen LogP contribution in [0.5, 0.6) is 0 Å². The van der Waals surface area contributed by atoms with Crippen LogP contribution in [0.15, 0.2) is 12.5 Å². The van der Waals surface area contributed by atoms with Crippen molar-refractivity contribution in [1.29, 1.82) is 5.26 Å². The third-order valence-corrected chi connectivity index (χ3v) is 4.99. The van der Waals surface area contributed by atoms with Gasteiger partial charge in [0, 0.05) is 25.4 Å². The Morgan fingerprint density at radius 2 is 2.22 bits per heavy atom. The number of nitriles is 1. The number of hydrogen-bond donors (Lipinski definition) is 0. The molecule has 3 heterocycles. The lowest BCUT2D eigenvalue weighted by Crippen LogP contribution is -2.60. The highest BCUT2D eigenvalue weighted by Gasteiger charge is 2.48. The van der Waals surface area contributed by atoms with Crippen molar-refractivity contribution in [2.75, 3.05) is 13.2 Å². The molecule has 0 saturated carbocycles. The van der Waals surface area contributed by atoms with Gasteiger partial charge in [0.25, 0.3) is 5.91 Å². The van der Waals surface area contributed by atoms with Crippen LogP contribution in [0.25, 0.3) is 0 Å². The van der Waals surface area contributed by atoms with Gasteiger partial charge >= 0.3 is 0 Å². The van der Waals surface area contributed by atoms with E-state index in [9.17, 15) is 10.1 Å². The Morgan fingerprint density at radius 1 is 1.43 bits per heavy atom. The van der Waals surface area contributed by atoms with Crippen LogP contribution in [-0.4, -0.2) is 45.2 Å². The Morgan fingerprint density at radius 3 is 2.83 bits per heavy atom. The summed E-state index contributed by atoms with van der Waals surface area (Å²) in [4.78, 5) is 18.8. The minimum absolute atomic E-state index is 0.163. The monoisotopic (exact) mass is 316 g/mol. The minimum Gasteiger partial charge on any atom is -0.372 e. The van der Waals surface area contributed by atoms with E-state index in [1.54, 1.807) is 17.4 Å². The van der Waals surface area contributed by atoms with Gasteiger partial charge in [-0.3, -0.25) is 4.79 Å². The summed E-state index contributed by atoms with van der Waals surface area (Å²) in [6, 6.07) is 2.07. The van der Waals surface area contributed by atoms with E-state index in [1.807, 2.05) is 18.4 Å². The molecule has 0 radical (unpaired) electrons. The number of carbonyl (C=O) groups is 1. The Labute approximate surface area is 137 Å². The first kappa shape index (κ1) is 16.0. The molecule has 6 heteroatoms. The highest BCUT2D eigenvalue weighted by atomic mass is 16.5. The molecule has 1 amide bonds. The topological polar surface area (TPSA) is 71.2 Å². The molecule has 0 aromatic carbocycles. The van der Waals surface area contributed by atoms with Crippen LogP contribution in [-0.2, 0) is 4.74 Å². The molecule has 2 fully saturated rings. The Balaban J connectivity index is 1.85. The lowest BCUT2D eigenvalue weighted by atomic mass is 9.79. The quantitative estimate of drug-likeness (QED) is 0.840. The first-order valence-electron chi connectivity index (χ1n) is 8.45. The molecule has 6 nitrogen and oxygen atoms in total. The first-order chi connectivity index (χ1) is 11.1. The van der Waals surface area contributed by atoms with E-state index in [0.29, 0.717) is 18.8 Å². The summed E-state index contributed by atoms with van der Waals surface area (Å²) in [5, 5.41) is 9.72. The van der Waals surface area contributed by atoms with E-state index in [0.717, 1.165) is 32.1 Å². The molecule has 0 bridgehead atoms. The zero-order valence-electron chi connectivity index (χ0n) is 13.9. The van der Waals surface area contributed by atoms with Crippen molar-refractivity contribution in [3.8, 4) is 6.07 Å². The molecule has 124 valence electrons. The summed E-state index contributed by atoms with van der Waals surface area (Å²) >= 11 is 0. The van der Waals surface area contributed by atoms with E-state index in [4.69, 9.17) is 4.74 Å². The Kier molecular flexibility index (Phi) is 4.40. The van der Waals surface area contributed by atoms with E-state index in [2.05, 4.69) is 11.1 Å². The third-order valence-electron chi connectivity index (χ3n) is 4.99. The van der Waals surface area contributed by atoms with Gasteiger partial charge in [-0.25, -0.2) is 4.98 Å². The maximum Gasteiger partial charge on any atom is 0.275 e. The second-order valence-electron chi connectivity index (χ2n) is 6.80. The van der Waals surface area contributed by atoms with Gasteiger partial charge < -0.3 is 14.2 Å². The maximum absolute atomic E-state index is 12.9. The lowest BCUT2D eigenvalue weighted by Gasteiger charge is -2.48. The summed E-state index contributed by atoms with van der Waals surface area (Å²) in [5.74, 6) is -0.163. The van der Waals surface area contributed by atoms with Gasteiger partial charge in [-0.1, -0.05) is 0 Å². The summed E-state index contributed by atoms with van der Waals surface area (Å²) in [7, 11) is 0. The van der Waals surface area contributed by atoms with E-state index < -0.39 is 11.6 Å². The fourth-order valence-corrected chi connectivity index (χ4v) is 3.67. The number of rotatable bonds is 2. The van der Waals surface area contributed by atoms with Gasteiger partial charge in [-0.2, -0.15) is 5.26 Å². The van der Waals surface area contributed by atoms with Gasteiger partial charge in [0.05, 0.1) is 12.4 Å². The molecule has 2 aliphatic rings. The largest absolute Gasteiger partial charge is 0.372 e. The number of carbonyl (C=O) groups excluding carboxylic acids is 1. The van der Waals surface area contributed by atoms with E-state index in [-0.39, 0.29) is 11.9 Å². The van der Waals surface area contributed by atoms with Crippen LogP contribution in [0.3, 0.4) is 0 Å². The molecular formula is C17H24N4O2. The van der Waals surface area contributed by atoms with E-state index >= 15 is 0 Å². The predicted octanol–water partition coefficient (Wildman–Crippen LogP) is 2.53. The SMILES string of the molecule is CC(C)n1cnc(C(=O)N2CCC[C@@]3(CCCCO3)[C@H]2C#N)c1. The highest BCUT2D eigenvalue weighted by molar-refractivity contribution is 5.92. The number of aromatic nitrogens is 2.